The van der Waals surface area contributed by atoms with Crippen molar-refractivity contribution in [3.8, 4) is 11.5 Å². The van der Waals surface area contributed by atoms with E-state index in [1.807, 2.05) is 19.5 Å². The van der Waals surface area contributed by atoms with Crippen molar-refractivity contribution >= 4 is 23.1 Å². The summed E-state index contributed by atoms with van der Waals surface area (Å²) in [6.07, 6.45) is 0. The first kappa shape index (κ1) is 18.1. The molecule has 0 aliphatic rings. The predicted octanol–water partition coefficient (Wildman–Crippen LogP) is 3.19. The summed E-state index contributed by atoms with van der Waals surface area (Å²) >= 11 is 1.65. The van der Waals surface area contributed by atoms with Crippen LogP contribution in [0.2, 0.25) is 0 Å². The minimum Gasteiger partial charge on any atom is -0.497 e. The number of methoxy groups -OCH3 is 2. The number of carbonyl (C=O) groups is 1. The van der Waals surface area contributed by atoms with Crippen LogP contribution in [0.15, 0.2) is 35.0 Å². The van der Waals surface area contributed by atoms with Crippen molar-refractivity contribution in [2.45, 2.75) is 6.04 Å². The zero-order chi connectivity index (χ0) is 17.5. The molecule has 0 saturated heterocycles. The summed E-state index contributed by atoms with van der Waals surface area (Å²) in [5.74, 6) is 1.23. The number of rotatable bonds is 7. The average Bonchev–Trinajstić information content (AvgIpc) is 3.08. The Morgan fingerprint density at radius 2 is 2.04 bits per heavy atom. The molecule has 130 valence electrons. The van der Waals surface area contributed by atoms with E-state index in [4.69, 9.17) is 9.47 Å². The summed E-state index contributed by atoms with van der Waals surface area (Å²) in [7, 11) is 7.12. The first-order valence-electron chi connectivity index (χ1n) is 7.50. The Morgan fingerprint density at radius 3 is 2.62 bits per heavy atom. The Bertz CT molecular complexity index is 659. The molecular weight excluding hydrogens is 326 g/mol. The lowest BCUT2D eigenvalue weighted by atomic mass is 10.1. The van der Waals surface area contributed by atoms with E-state index in [2.05, 4.69) is 27.0 Å². The second-order valence-electron chi connectivity index (χ2n) is 5.44. The molecule has 2 rings (SSSR count). The van der Waals surface area contributed by atoms with Crippen LogP contribution < -0.4 is 20.1 Å². The van der Waals surface area contributed by atoms with Gasteiger partial charge in [0.25, 0.3) is 0 Å². The number of likely N-dealkylation sites (N-methyl/N-ethyl adjacent to an activating group) is 1. The van der Waals surface area contributed by atoms with Gasteiger partial charge < -0.3 is 25.0 Å². The largest absolute Gasteiger partial charge is 0.497 e. The van der Waals surface area contributed by atoms with Crippen LogP contribution in [0.1, 0.15) is 11.6 Å². The molecule has 0 unspecified atom stereocenters. The quantitative estimate of drug-likeness (QED) is 0.806. The molecule has 1 heterocycles. The molecule has 24 heavy (non-hydrogen) atoms. The van der Waals surface area contributed by atoms with E-state index in [1.165, 1.54) is 5.56 Å². The number of nitrogens with one attached hydrogen (secondary N) is 2. The highest BCUT2D eigenvalue weighted by atomic mass is 32.1. The molecule has 2 aromatic rings. The molecule has 1 atom stereocenters. The maximum absolute atomic E-state index is 12.2. The molecule has 1 aromatic carbocycles. The zero-order valence-corrected chi connectivity index (χ0v) is 15.1. The van der Waals surface area contributed by atoms with Gasteiger partial charge in [-0.05, 0) is 48.6 Å². The van der Waals surface area contributed by atoms with Crippen molar-refractivity contribution in [1.29, 1.82) is 0 Å². The highest BCUT2D eigenvalue weighted by Gasteiger charge is 2.16. The molecule has 0 saturated carbocycles. The zero-order valence-electron chi connectivity index (χ0n) is 14.3. The van der Waals surface area contributed by atoms with E-state index in [-0.39, 0.29) is 12.1 Å². The number of urea groups is 1. The van der Waals surface area contributed by atoms with Gasteiger partial charge in [0, 0.05) is 12.6 Å². The number of carbonyl (C=O) groups excluding carboxylic acids is 1. The second-order valence-corrected chi connectivity index (χ2v) is 6.22. The van der Waals surface area contributed by atoms with E-state index in [1.54, 1.807) is 43.8 Å². The lowest BCUT2D eigenvalue weighted by Crippen LogP contribution is -2.36. The SMILES string of the molecule is COc1ccc(OC)c(NC(=O)NC[C@H](c2ccsc2)N(C)C)c1. The standard InChI is InChI=1S/C17H23N3O3S/c1-20(2)15(12-7-8-24-11-12)10-18-17(21)19-14-9-13(22-3)5-6-16(14)23-4/h5-9,11,15H,10H2,1-4H3,(H2,18,19,21)/t15-/m1/s1. The van der Waals surface area contributed by atoms with E-state index in [0.29, 0.717) is 23.7 Å². The molecule has 2 N–H and O–H groups in total. The minimum absolute atomic E-state index is 0.120. The highest BCUT2D eigenvalue weighted by Crippen LogP contribution is 2.28. The maximum atomic E-state index is 12.2. The molecule has 0 aliphatic heterocycles. The van der Waals surface area contributed by atoms with Gasteiger partial charge >= 0.3 is 6.03 Å². The Balaban J connectivity index is 2.00. The number of amides is 2. The van der Waals surface area contributed by atoms with Crippen LogP contribution in [-0.4, -0.2) is 45.8 Å². The third-order valence-corrected chi connectivity index (χ3v) is 4.36. The smallest absolute Gasteiger partial charge is 0.319 e. The number of benzene rings is 1. The van der Waals surface area contributed by atoms with Crippen LogP contribution in [0.25, 0.3) is 0 Å². The number of hydrogen-bond donors (Lipinski definition) is 2. The van der Waals surface area contributed by atoms with Crippen LogP contribution in [-0.2, 0) is 0 Å². The van der Waals surface area contributed by atoms with Crippen LogP contribution in [0.3, 0.4) is 0 Å². The summed E-state index contributed by atoms with van der Waals surface area (Å²) in [4.78, 5) is 14.3. The monoisotopic (exact) mass is 349 g/mol. The minimum atomic E-state index is -0.288. The Hall–Kier alpha value is -2.25. The van der Waals surface area contributed by atoms with Gasteiger partial charge in [-0.3, -0.25) is 0 Å². The Labute approximate surface area is 146 Å². The van der Waals surface area contributed by atoms with Crippen molar-refractivity contribution in [2.24, 2.45) is 0 Å². The third kappa shape index (κ3) is 4.62. The Kier molecular flexibility index (Phi) is 6.45. The number of ether oxygens (including phenoxy) is 2. The van der Waals surface area contributed by atoms with E-state index in [9.17, 15) is 4.79 Å². The molecule has 1 aromatic heterocycles. The van der Waals surface area contributed by atoms with Gasteiger partial charge in [-0.25, -0.2) is 4.79 Å². The van der Waals surface area contributed by atoms with Crippen LogP contribution in [0, 0.1) is 0 Å². The van der Waals surface area contributed by atoms with E-state index >= 15 is 0 Å². The summed E-state index contributed by atoms with van der Waals surface area (Å²) in [5.41, 5.74) is 1.75. The number of anilines is 1. The summed E-state index contributed by atoms with van der Waals surface area (Å²) in [6.45, 7) is 0.502. The van der Waals surface area contributed by atoms with E-state index in [0.717, 1.165) is 0 Å². The van der Waals surface area contributed by atoms with E-state index < -0.39 is 0 Å². The molecule has 0 radical (unpaired) electrons. The normalized spacial score (nSPS) is 11.9. The molecule has 0 fully saturated rings. The van der Waals surface area contributed by atoms with Gasteiger partial charge in [0.15, 0.2) is 0 Å². The van der Waals surface area contributed by atoms with Crippen molar-refractivity contribution in [1.82, 2.24) is 10.2 Å². The molecular formula is C17H23N3O3S. The molecule has 0 bridgehead atoms. The van der Waals surface area contributed by atoms with Crippen molar-refractivity contribution in [3.63, 3.8) is 0 Å². The summed E-state index contributed by atoms with van der Waals surface area (Å²) < 4.78 is 10.4. The third-order valence-electron chi connectivity index (χ3n) is 3.66. The molecule has 0 aliphatic carbocycles. The van der Waals surface area contributed by atoms with Crippen LogP contribution in [0.4, 0.5) is 10.5 Å². The fraction of sp³-hybridized carbons (Fsp3) is 0.353. The average molecular weight is 349 g/mol. The van der Waals surface area contributed by atoms with Gasteiger partial charge in [-0.15, -0.1) is 0 Å². The fourth-order valence-electron chi connectivity index (χ4n) is 2.33. The number of hydrogen-bond acceptors (Lipinski definition) is 5. The van der Waals surface area contributed by atoms with Crippen LogP contribution >= 0.6 is 11.3 Å². The summed E-state index contributed by atoms with van der Waals surface area (Å²) in [5, 5.41) is 9.84. The first-order valence-corrected chi connectivity index (χ1v) is 8.44. The summed E-state index contributed by atoms with van der Waals surface area (Å²) in [6, 6.07) is 7.15. The maximum Gasteiger partial charge on any atom is 0.319 e. The lowest BCUT2D eigenvalue weighted by Gasteiger charge is -2.24. The highest BCUT2D eigenvalue weighted by molar-refractivity contribution is 7.07. The first-order chi connectivity index (χ1) is 11.5. The van der Waals surface area contributed by atoms with Gasteiger partial charge in [0.1, 0.15) is 11.5 Å². The fourth-order valence-corrected chi connectivity index (χ4v) is 3.04. The molecule has 6 nitrogen and oxygen atoms in total. The van der Waals surface area contributed by atoms with Gasteiger partial charge in [0.05, 0.1) is 25.9 Å². The molecule has 0 spiro atoms. The van der Waals surface area contributed by atoms with Crippen LogP contribution in [0.5, 0.6) is 11.5 Å². The molecule has 7 heteroatoms. The number of nitrogens with zero attached hydrogens (tertiary/aromatic N) is 1. The topological polar surface area (TPSA) is 62.8 Å². The van der Waals surface area contributed by atoms with Gasteiger partial charge in [0.2, 0.25) is 0 Å². The van der Waals surface area contributed by atoms with Gasteiger partial charge in [-0.1, -0.05) is 0 Å². The van der Waals surface area contributed by atoms with Crippen molar-refractivity contribution in [3.05, 3.63) is 40.6 Å². The van der Waals surface area contributed by atoms with Gasteiger partial charge in [-0.2, -0.15) is 11.3 Å². The Morgan fingerprint density at radius 1 is 1.25 bits per heavy atom. The van der Waals surface area contributed by atoms with Crippen molar-refractivity contribution in [2.75, 3.05) is 40.2 Å². The number of thiophene rings is 1. The van der Waals surface area contributed by atoms with Crippen molar-refractivity contribution < 1.29 is 14.3 Å². The molecule has 2 amide bonds. The predicted molar refractivity (Wildman–Crippen MR) is 97.3 cm³/mol. The second kappa shape index (κ2) is 8.56. The lowest BCUT2D eigenvalue weighted by molar-refractivity contribution is 0.243.